The lowest BCUT2D eigenvalue weighted by molar-refractivity contribution is -0.385. The number of nitrogens with zero attached hydrogens (tertiary/aromatic N) is 4. The maximum absolute atomic E-state index is 11.8. The number of hydrogen-bond donors (Lipinski definition) is 0. The molecular weight excluding hydrogens is 480 g/mol. The van der Waals surface area contributed by atoms with Crippen LogP contribution in [0.5, 0.6) is 0 Å². The summed E-state index contributed by atoms with van der Waals surface area (Å²) in [6.45, 7) is 14.0. The lowest BCUT2D eigenvalue weighted by atomic mass is 9.99. The third kappa shape index (κ3) is 5.70. The summed E-state index contributed by atoms with van der Waals surface area (Å²) < 4.78 is 0. The van der Waals surface area contributed by atoms with Crippen molar-refractivity contribution in [2.75, 3.05) is 0 Å². The summed E-state index contributed by atoms with van der Waals surface area (Å²) in [5.74, 6) is 11.4. The maximum Gasteiger partial charge on any atom is 0.285 e. The van der Waals surface area contributed by atoms with Crippen molar-refractivity contribution in [3.63, 3.8) is 0 Å². The van der Waals surface area contributed by atoms with Crippen LogP contribution < -0.4 is 0 Å². The molecule has 0 saturated carbocycles. The van der Waals surface area contributed by atoms with E-state index in [4.69, 9.17) is 13.1 Å². The van der Waals surface area contributed by atoms with E-state index in [1.54, 1.807) is 60.7 Å². The van der Waals surface area contributed by atoms with Crippen LogP contribution in [-0.4, -0.2) is 9.85 Å². The fraction of sp³-hybridized carbons (Fsp3) is 0. The fourth-order valence-electron chi connectivity index (χ4n) is 3.48. The zero-order valence-electron chi connectivity index (χ0n) is 19.5. The first-order valence-corrected chi connectivity index (χ1v) is 10.9. The minimum absolute atomic E-state index is 0.155. The topological polar surface area (TPSA) is 95.0 Å². The van der Waals surface area contributed by atoms with E-state index in [9.17, 15) is 20.2 Å². The molecule has 8 heteroatoms. The highest BCUT2D eigenvalue weighted by Crippen LogP contribution is 2.34. The summed E-state index contributed by atoms with van der Waals surface area (Å²) in [6, 6.07) is 21.9. The minimum Gasteiger partial charge on any atom is -0.258 e. The van der Waals surface area contributed by atoms with Crippen molar-refractivity contribution in [3.05, 3.63) is 150 Å². The molecule has 0 aliphatic heterocycles. The number of benzene rings is 4. The van der Waals surface area contributed by atoms with Gasteiger partial charge in [0.15, 0.2) is 11.4 Å². The first-order valence-electron chi connectivity index (χ1n) is 10.9. The summed E-state index contributed by atoms with van der Waals surface area (Å²) in [5, 5.41) is 23.6. The zero-order chi connectivity index (χ0) is 27.1. The van der Waals surface area contributed by atoms with Gasteiger partial charge in [0.25, 0.3) is 11.4 Å². The van der Waals surface area contributed by atoms with Gasteiger partial charge < -0.3 is 0 Å². The second kappa shape index (κ2) is 11.0. The largest absolute Gasteiger partial charge is 0.285 e. The van der Waals surface area contributed by atoms with Gasteiger partial charge in [-0.3, -0.25) is 20.2 Å². The van der Waals surface area contributed by atoms with Gasteiger partial charge in [0.05, 0.1) is 28.6 Å². The van der Waals surface area contributed by atoms with Crippen LogP contribution in [0.1, 0.15) is 22.3 Å². The molecule has 4 aromatic rings. The highest BCUT2D eigenvalue weighted by Gasteiger charge is 2.20. The summed E-state index contributed by atoms with van der Waals surface area (Å²) in [6.07, 6.45) is 0. The van der Waals surface area contributed by atoms with E-state index < -0.39 is 9.85 Å². The van der Waals surface area contributed by atoms with E-state index in [1.165, 1.54) is 24.3 Å². The molecule has 38 heavy (non-hydrogen) atoms. The molecule has 0 aliphatic carbocycles. The van der Waals surface area contributed by atoms with Crippen LogP contribution in [0.3, 0.4) is 0 Å². The van der Waals surface area contributed by atoms with Crippen LogP contribution in [0.2, 0.25) is 0 Å². The SMILES string of the molecule is [C-]#[N+]c1ccc(C#Cc2ccc(-c3ccc(C#Cc4ccc([N+]#[C-])cc4)c([N+](=O)[O-])c3)c([N+](=O)[O-])c2)cc1. The van der Waals surface area contributed by atoms with Gasteiger partial charge in [-0.1, -0.05) is 78.3 Å². The van der Waals surface area contributed by atoms with Crippen LogP contribution in [0.25, 0.3) is 20.8 Å². The first-order chi connectivity index (χ1) is 18.4. The van der Waals surface area contributed by atoms with Gasteiger partial charge in [-0.2, -0.15) is 0 Å². The maximum atomic E-state index is 11.8. The van der Waals surface area contributed by atoms with Crippen LogP contribution in [-0.2, 0) is 0 Å². The molecule has 178 valence electrons. The summed E-state index contributed by atoms with van der Waals surface area (Å²) in [5.41, 5.74) is 2.71. The van der Waals surface area contributed by atoms with Crippen LogP contribution in [0.15, 0.2) is 84.9 Å². The van der Waals surface area contributed by atoms with Crippen molar-refractivity contribution in [2.45, 2.75) is 0 Å². The Bertz CT molecular complexity index is 1790. The van der Waals surface area contributed by atoms with E-state index in [2.05, 4.69) is 33.4 Å². The number of rotatable bonds is 3. The molecule has 8 nitrogen and oxygen atoms in total. The highest BCUT2D eigenvalue weighted by atomic mass is 16.6. The van der Waals surface area contributed by atoms with E-state index >= 15 is 0 Å². The van der Waals surface area contributed by atoms with Crippen molar-refractivity contribution < 1.29 is 9.85 Å². The Morgan fingerprint density at radius 2 is 1.08 bits per heavy atom. The standard InChI is InChI=1S/C30H14N4O4/c1-31-26-14-6-21(7-15-26)3-4-23-10-18-28(30(19-23)34(37)38)25-13-12-24(29(20-25)33(35)36)11-5-22-8-16-27(32-2)17-9-22/h6-10,12-20H. The number of nitro benzene ring substituents is 2. The Labute approximate surface area is 217 Å². The van der Waals surface area contributed by atoms with Crippen LogP contribution in [0.4, 0.5) is 22.7 Å². The average molecular weight is 494 g/mol. The molecule has 4 rings (SSSR count). The second-order valence-corrected chi connectivity index (χ2v) is 7.80. The number of hydrogen-bond acceptors (Lipinski definition) is 4. The van der Waals surface area contributed by atoms with Gasteiger partial charge in [0.2, 0.25) is 0 Å². The predicted molar refractivity (Wildman–Crippen MR) is 143 cm³/mol. The predicted octanol–water partition coefficient (Wildman–Crippen LogP) is 7.07. The third-order valence-corrected chi connectivity index (χ3v) is 5.39. The lowest BCUT2D eigenvalue weighted by Crippen LogP contribution is -1.96. The molecule has 4 aromatic carbocycles. The Morgan fingerprint density at radius 3 is 1.61 bits per heavy atom. The van der Waals surface area contributed by atoms with Gasteiger partial charge in [0, 0.05) is 28.8 Å². The quantitative estimate of drug-likeness (QED) is 0.132. The van der Waals surface area contributed by atoms with Gasteiger partial charge in [-0.15, -0.1) is 0 Å². The van der Waals surface area contributed by atoms with Crippen LogP contribution in [0, 0.1) is 57.1 Å². The Kier molecular flexibility index (Phi) is 7.22. The molecule has 0 atom stereocenters. The minimum atomic E-state index is -0.583. The van der Waals surface area contributed by atoms with Crippen molar-refractivity contribution in [2.24, 2.45) is 0 Å². The molecule has 0 amide bonds. The van der Waals surface area contributed by atoms with Crippen molar-refractivity contribution in [1.82, 2.24) is 0 Å². The summed E-state index contributed by atoms with van der Waals surface area (Å²) >= 11 is 0. The Hall–Kier alpha value is -6.22. The van der Waals surface area contributed by atoms with Crippen molar-refractivity contribution >= 4 is 22.7 Å². The van der Waals surface area contributed by atoms with E-state index in [0.29, 0.717) is 33.6 Å². The summed E-state index contributed by atoms with van der Waals surface area (Å²) in [4.78, 5) is 29.1. The monoisotopic (exact) mass is 494 g/mol. The smallest absolute Gasteiger partial charge is 0.258 e. The molecule has 0 spiro atoms. The third-order valence-electron chi connectivity index (χ3n) is 5.39. The van der Waals surface area contributed by atoms with Crippen molar-refractivity contribution in [3.8, 4) is 34.8 Å². The molecule has 0 aromatic heterocycles. The molecule has 0 heterocycles. The van der Waals surface area contributed by atoms with E-state index in [1.807, 2.05) is 0 Å². The Balaban J connectivity index is 1.69. The van der Waals surface area contributed by atoms with E-state index in [-0.39, 0.29) is 22.5 Å². The number of nitro groups is 2. The highest BCUT2D eigenvalue weighted by molar-refractivity contribution is 5.77. The van der Waals surface area contributed by atoms with Crippen molar-refractivity contribution in [1.29, 1.82) is 0 Å². The molecule has 0 unspecified atom stereocenters. The molecule has 0 radical (unpaired) electrons. The van der Waals surface area contributed by atoms with Gasteiger partial charge in [0.1, 0.15) is 5.56 Å². The molecule has 0 bridgehead atoms. The summed E-state index contributed by atoms with van der Waals surface area (Å²) in [7, 11) is 0. The molecule has 0 aliphatic rings. The fourth-order valence-corrected chi connectivity index (χ4v) is 3.48. The lowest BCUT2D eigenvalue weighted by Gasteiger charge is -2.05. The van der Waals surface area contributed by atoms with Crippen LogP contribution >= 0.6 is 0 Å². The zero-order valence-corrected chi connectivity index (χ0v) is 19.5. The molecule has 0 saturated heterocycles. The normalized spacial score (nSPS) is 9.53. The second-order valence-electron chi connectivity index (χ2n) is 7.80. The Morgan fingerprint density at radius 1 is 0.579 bits per heavy atom. The van der Waals surface area contributed by atoms with Gasteiger partial charge in [-0.25, -0.2) is 9.69 Å². The molecule has 0 fully saturated rings. The van der Waals surface area contributed by atoms with Gasteiger partial charge in [-0.05, 0) is 23.8 Å². The molecular formula is C30H14N4O4. The van der Waals surface area contributed by atoms with E-state index in [0.717, 1.165) is 0 Å². The van der Waals surface area contributed by atoms with Gasteiger partial charge >= 0.3 is 0 Å². The average Bonchev–Trinajstić information content (AvgIpc) is 2.95. The molecule has 0 N–H and O–H groups in total. The first kappa shape index (κ1) is 24.9.